The molecule has 9 heteroatoms. The van der Waals surface area contributed by atoms with E-state index in [-0.39, 0.29) is 43.7 Å². The van der Waals surface area contributed by atoms with Gasteiger partial charge in [-0.15, -0.1) is 0 Å². The molecule has 3 aromatic rings. The van der Waals surface area contributed by atoms with Crippen molar-refractivity contribution < 1.29 is 33.3 Å². The highest BCUT2D eigenvalue weighted by atomic mass is 16.7. The normalized spacial score (nSPS) is 12.4. The molecule has 1 atom stereocenters. The molecule has 1 aliphatic heterocycles. The van der Waals surface area contributed by atoms with Gasteiger partial charge >= 0.3 is 5.97 Å². The lowest BCUT2D eigenvalue weighted by Gasteiger charge is -2.23. The Morgan fingerprint density at radius 3 is 2.63 bits per heavy atom. The van der Waals surface area contributed by atoms with Crippen molar-refractivity contribution in [2.75, 3.05) is 21.0 Å². The number of esters is 1. The number of methoxy groups -OCH3 is 2. The van der Waals surface area contributed by atoms with Gasteiger partial charge < -0.3 is 29.0 Å². The van der Waals surface area contributed by atoms with Crippen LogP contribution in [0.4, 0.5) is 0 Å². The molecule has 0 radical (unpaired) electrons. The van der Waals surface area contributed by atoms with Crippen molar-refractivity contribution in [3.63, 3.8) is 0 Å². The Hall–Kier alpha value is -4.71. The number of hydrogen-bond acceptors (Lipinski definition) is 8. The van der Waals surface area contributed by atoms with E-state index in [1.165, 1.54) is 7.11 Å². The van der Waals surface area contributed by atoms with Crippen molar-refractivity contribution in [3.8, 4) is 29.1 Å². The van der Waals surface area contributed by atoms with E-state index in [9.17, 15) is 9.59 Å². The fourth-order valence-corrected chi connectivity index (χ4v) is 4.64. The number of amides is 1. The number of carbonyl (C=O) groups is 2. The Morgan fingerprint density at radius 1 is 1.07 bits per heavy atom. The SMILES string of the molecule is COC(=O)CCc1ccc(COc2cccc(C#N)c2)cc1C(=O)NC(CC(C)C)c1cc(OC)c2c(c1)OCO2. The molecule has 4 rings (SSSR count). The zero-order chi connectivity index (χ0) is 29.4. The predicted molar refractivity (Wildman–Crippen MR) is 151 cm³/mol. The lowest BCUT2D eigenvalue weighted by atomic mass is 9.94. The molecule has 0 saturated carbocycles. The molecule has 214 valence electrons. The number of carbonyl (C=O) groups excluding carboxylic acids is 2. The van der Waals surface area contributed by atoms with E-state index in [4.69, 9.17) is 28.9 Å². The summed E-state index contributed by atoms with van der Waals surface area (Å²) in [6, 6.07) is 17.9. The van der Waals surface area contributed by atoms with Gasteiger partial charge in [-0.3, -0.25) is 9.59 Å². The summed E-state index contributed by atoms with van der Waals surface area (Å²) < 4.78 is 27.4. The van der Waals surface area contributed by atoms with E-state index in [2.05, 4.69) is 25.2 Å². The van der Waals surface area contributed by atoms with Gasteiger partial charge in [0, 0.05) is 12.0 Å². The van der Waals surface area contributed by atoms with Crippen LogP contribution in [0.2, 0.25) is 0 Å². The average molecular weight is 559 g/mol. The second-order valence-electron chi connectivity index (χ2n) is 10.1. The zero-order valence-electron chi connectivity index (χ0n) is 23.7. The standard InChI is InChI=1S/C32H34N2O7/c1-20(2)12-27(24-15-28(37-3)31-29(16-24)40-19-41-31)34-32(36)26-14-22(8-9-23(26)10-11-30(35)38-4)18-39-25-7-5-6-21(13-25)17-33/h5-9,13-16,20,27H,10-12,18-19H2,1-4H3,(H,34,36). The Balaban J connectivity index is 1.62. The van der Waals surface area contributed by atoms with Gasteiger partial charge in [-0.2, -0.15) is 5.26 Å². The van der Waals surface area contributed by atoms with Crippen LogP contribution in [-0.2, 0) is 22.6 Å². The summed E-state index contributed by atoms with van der Waals surface area (Å²) in [5.74, 6) is 1.85. The van der Waals surface area contributed by atoms with Crippen molar-refractivity contribution in [1.82, 2.24) is 5.32 Å². The maximum atomic E-state index is 13.9. The summed E-state index contributed by atoms with van der Waals surface area (Å²) in [6.07, 6.45) is 1.15. The second kappa shape index (κ2) is 13.6. The summed E-state index contributed by atoms with van der Waals surface area (Å²) >= 11 is 0. The van der Waals surface area contributed by atoms with E-state index in [0.717, 1.165) is 16.7 Å². The van der Waals surface area contributed by atoms with Gasteiger partial charge in [0.15, 0.2) is 11.5 Å². The maximum absolute atomic E-state index is 13.9. The van der Waals surface area contributed by atoms with Gasteiger partial charge in [0.2, 0.25) is 12.5 Å². The molecule has 41 heavy (non-hydrogen) atoms. The highest BCUT2D eigenvalue weighted by Gasteiger charge is 2.26. The number of nitrogens with one attached hydrogen (secondary N) is 1. The van der Waals surface area contributed by atoms with E-state index in [0.29, 0.717) is 47.0 Å². The van der Waals surface area contributed by atoms with Gasteiger partial charge in [-0.1, -0.05) is 32.0 Å². The molecular weight excluding hydrogens is 524 g/mol. The number of hydrogen-bond donors (Lipinski definition) is 1. The monoisotopic (exact) mass is 558 g/mol. The summed E-state index contributed by atoms with van der Waals surface area (Å²) in [6.45, 7) is 4.48. The van der Waals surface area contributed by atoms with Crippen LogP contribution in [0.3, 0.4) is 0 Å². The van der Waals surface area contributed by atoms with E-state index >= 15 is 0 Å². The maximum Gasteiger partial charge on any atom is 0.305 e. The molecule has 1 amide bonds. The summed E-state index contributed by atoms with van der Waals surface area (Å²) in [5, 5.41) is 12.4. The molecule has 9 nitrogen and oxygen atoms in total. The number of fused-ring (bicyclic) bond motifs is 1. The molecule has 1 heterocycles. The van der Waals surface area contributed by atoms with Crippen molar-refractivity contribution in [2.45, 2.75) is 45.8 Å². The minimum absolute atomic E-state index is 0.107. The Kier molecular flexibility index (Phi) is 9.69. The molecule has 0 spiro atoms. The van der Waals surface area contributed by atoms with E-state index in [1.807, 2.05) is 24.3 Å². The minimum Gasteiger partial charge on any atom is -0.493 e. The van der Waals surface area contributed by atoms with Crippen molar-refractivity contribution >= 4 is 11.9 Å². The third kappa shape index (κ3) is 7.48. The van der Waals surface area contributed by atoms with Crippen LogP contribution in [0.5, 0.6) is 23.0 Å². The lowest BCUT2D eigenvalue weighted by Crippen LogP contribution is -2.30. The topological polar surface area (TPSA) is 116 Å². The highest BCUT2D eigenvalue weighted by molar-refractivity contribution is 5.96. The molecule has 1 N–H and O–H groups in total. The molecule has 0 aromatic heterocycles. The first-order chi connectivity index (χ1) is 19.8. The first-order valence-electron chi connectivity index (χ1n) is 13.4. The molecule has 1 unspecified atom stereocenters. The first-order valence-corrected chi connectivity index (χ1v) is 13.4. The van der Waals surface area contributed by atoms with Crippen LogP contribution in [-0.4, -0.2) is 32.9 Å². The van der Waals surface area contributed by atoms with Gasteiger partial charge in [-0.05, 0) is 71.8 Å². The van der Waals surface area contributed by atoms with Gasteiger partial charge in [0.05, 0.1) is 31.9 Å². The molecule has 0 saturated heterocycles. The van der Waals surface area contributed by atoms with Gasteiger partial charge in [0.1, 0.15) is 12.4 Å². The fraction of sp³-hybridized carbons (Fsp3) is 0.344. The van der Waals surface area contributed by atoms with Crippen molar-refractivity contribution in [3.05, 3.63) is 82.4 Å². The summed E-state index contributed by atoms with van der Waals surface area (Å²) in [5.41, 5.74) is 3.26. The predicted octanol–water partition coefficient (Wildman–Crippen LogP) is 5.50. The molecule has 3 aromatic carbocycles. The van der Waals surface area contributed by atoms with Crippen LogP contribution in [0.1, 0.15) is 65.3 Å². The Bertz CT molecular complexity index is 1440. The fourth-order valence-electron chi connectivity index (χ4n) is 4.64. The number of rotatable bonds is 12. The summed E-state index contributed by atoms with van der Waals surface area (Å²) in [7, 11) is 2.91. The van der Waals surface area contributed by atoms with Crippen LogP contribution in [0.25, 0.3) is 0 Å². The smallest absolute Gasteiger partial charge is 0.305 e. The highest BCUT2D eigenvalue weighted by Crippen LogP contribution is 2.43. The number of nitrogens with zero attached hydrogens (tertiary/aromatic N) is 1. The zero-order valence-corrected chi connectivity index (χ0v) is 23.7. The van der Waals surface area contributed by atoms with Crippen molar-refractivity contribution in [1.29, 1.82) is 5.26 Å². The average Bonchev–Trinajstić information content (AvgIpc) is 3.47. The van der Waals surface area contributed by atoms with Gasteiger partial charge in [0.25, 0.3) is 5.91 Å². The lowest BCUT2D eigenvalue weighted by molar-refractivity contribution is -0.140. The number of benzene rings is 3. The van der Waals surface area contributed by atoms with E-state index in [1.54, 1.807) is 37.4 Å². The molecule has 0 bridgehead atoms. The number of aryl methyl sites for hydroxylation is 1. The molecule has 0 aliphatic carbocycles. The van der Waals surface area contributed by atoms with Crippen LogP contribution in [0, 0.1) is 17.2 Å². The van der Waals surface area contributed by atoms with Crippen molar-refractivity contribution in [2.24, 2.45) is 5.92 Å². The number of nitriles is 1. The van der Waals surface area contributed by atoms with Gasteiger partial charge in [-0.25, -0.2) is 0 Å². The van der Waals surface area contributed by atoms with E-state index < -0.39 is 0 Å². The van der Waals surface area contributed by atoms with Crippen LogP contribution >= 0.6 is 0 Å². The quantitative estimate of drug-likeness (QED) is 0.290. The first kappa shape index (κ1) is 29.3. The van der Waals surface area contributed by atoms with Crippen LogP contribution < -0.4 is 24.3 Å². The summed E-state index contributed by atoms with van der Waals surface area (Å²) in [4.78, 5) is 25.7. The second-order valence-corrected chi connectivity index (χ2v) is 10.1. The Labute approximate surface area is 239 Å². The minimum atomic E-state index is -0.355. The largest absolute Gasteiger partial charge is 0.493 e. The Morgan fingerprint density at radius 2 is 1.90 bits per heavy atom. The molecule has 0 fully saturated rings. The molecular formula is C32H34N2O7. The third-order valence-corrected chi connectivity index (χ3v) is 6.71. The number of ether oxygens (including phenoxy) is 5. The van der Waals surface area contributed by atoms with Crippen LogP contribution in [0.15, 0.2) is 54.6 Å². The molecule has 1 aliphatic rings. The third-order valence-electron chi connectivity index (χ3n) is 6.71.